The number of aromatic nitrogens is 4. The highest BCUT2D eigenvalue weighted by atomic mass is 35.5. The molecule has 1 saturated heterocycles. The molecule has 0 unspecified atom stereocenters. The van der Waals surface area contributed by atoms with Gasteiger partial charge in [-0.2, -0.15) is 0 Å². The lowest BCUT2D eigenvalue weighted by Gasteiger charge is -2.33. The van der Waals surface area contributed by atoms with Gasteiger partial charge >= 0.3 is 0 Å². The fourth-order valence-corrected chi connectivity index (χ4v) is 3.56. The Labute approximate surface area is 204 Å². The van der Waals surface area contributed by atoms with Gasteiger partial charge in [-0.1, -0.05) is 11.6 Å². The van der Waals surface area contributed by atoms with E-state index in [0.29, 0.717) is 22.3 Å². The second-order valence-electron chi connectivity index (χ2n) is 7.10. The zero-order valence-electron chi connectivity index (χ0n) is 17.1. The third-order valence-corrected chi connectivity index (χ3v) is 5.29. The molecule has 170 valence electrons. The minimum atomic E-state index is -0.319. The van der Waals surface area contributed by atoms with Gasteiger partial charge in [0.15, 0.2) is 0 Å². The average molecular weight is 497 g/mol. The molecule has 3 aromatic rings. The molecule has 0 saturated carbocycles. The van der Waals surface area contributed by atoms with E-state index in [0.717, 1.165) is 32.5 Å². The maximum Gasteiger partial charge on any atom is 0.261 e. The number of hydrogen-bond acceptors (Lipinski definition) is 7. The van der Waals surface area contributed by atoms with Crippen molar-refractivity contribution < 1.29 is 4.79 Å². The van der Waals surface area contributed by atoms with Crippen molar-refractivity contribution >= 4 is 59.8 Å². The van der Waals surface area contributed by atoms with E-state index in [2.05, 4.69) is 35.5 Å². The molecule has 8 nitrogen and oxygen atoms in total. The normalized spacial score (nSPS) is 13.5. The first-order chi connectivity index (χ1) is 14.7. The van der Waals surface area contributed by atoms with E-state index in [9.17, 15) is 4.79 Å². The topological polar surface area (TPSA) is 95.9 Å². The summed E-state index contributed by atoms with van der Waals surface area (Å²) in [5.74, 6) is 0.948. The van der Waals surface area contributed by atoms with Crippen molar-refractivity contribution in [1.29, 1.82) is 0 Å². The monoisotopic (exact) mass is 495 g/mol. The van der Waals surface area contributed by atoms with Gasteiger partial charge in [0.25, 0.3) is 5.91 Å². The summed E-state index contributed by atoms with van der Waals surface area (Å²) < 4.78 is 0. The molecule has 32 heavy (non-hydrogen) atoms. The summed E-state index contributed by atoms with van der Waals surface area (Å²) in [6.07, 6.45) is 10.3. The van der Waals surface area contributed by atoms with Gasteiger partial charge in [0.05, 0.1) is 23.0 Å². The van der Waals surface area contributed by atoms with Crippen molar-refractivity contribution in [3.05, 3.63) is 65.8 Å². The van der Waals surface area contributed by atoms with Crippen LogP contribution in [0.1, 0.15) is 23.2 Å². The van der Waals surface area contributed by atoms with E-state index >= 15 is 0 Å². The van der Waals surface area contributed by atoms with Crippen LogP contribution >= 0.6 is 36.4 Å². The van der Waals surface area contributed by atoms with Crippen LogP contribution in [-0.4, -0.2) is 45.5 Å². The zero-order valence-corrected chi connectivity index (χ0v) is 19.5. The third-order valence-electron chi connectivity index (χ3n) is 5.10. The molecular weight excluding hydrogens is 473 g/mol. The molecule has 4 heterocycles. The van der Waals surface area contributed by atoms with Crippen LogP contribution in [0.15, 0.2) is 55.2 Å². The Morgan fingerprint density at radius 2 is 1.72 bits per heavy atom. The van der Waals surface area contributed by atoms with Gasteiger partial charge in [-0.15, -0.1) is 24.8 Å². The molecule has 0 aromatic carbocycles. The van der Waals surface area contributed by atoms with E-state index in [1.165, 1.54) is 18.1 Å². The molecule has 11 heteroatoms. The van der Waals surface area contributed by atoms with Crippen LogP contribution in [0.25, 0.3) is 0 Å². The first kappa shape index (κ1) is 25.6. The summed E-state index contributed by atoms with van der Waals surface area (Å²) in [6, 6.07) is 7.55. The van der Waals surface area contributed by atoms with Gasteiger partial charge in [-0.3, -0.25) is 15.1 Å². The maximum atomic E-state index is 12.7. The third kappa shape index (κ3) is 6.66. The molecule has 0 radical (unpaired) electrons. The summed E-state index contributed by atoms with van der Waals surface area (Å²) in [4.78, 5) is 31.5. The lowest BCUT2D eigenvalue weighted by Crippen LogP contribution is -2.36. The zero-order chi connectivity index (χ0) is 20.8. The number of hydrogen-bond donors (Lipinski definition) is 2. The predicted molar refractivity (Wildman–Crippen MR) is 131 cm³/mol. The molecule has 1 amide bonds. The van der Waals surface area contributed by atoms with Gasteiger partial charge in [0.1, 0.15) is 5.82 Å². The van der Waals surface area contributed by atoms with Crippen molar-refractivity contribution in [3.8, 4) is 0 Å². The van der Waals surface area contributed by atoms with Gasteiger partial charge in [-0.05, 0) is 43.0 Å². The summed E-state index contributed by atoms with van der Waals surface area (Å²) >= 11 is 5.79. The Hall–Kier alpha value is -2.68. The van der Waals surface area contributed by atoms with Crippen LogP contribution in [-0.2, 0) is 0 Å². The fraction of sp³-hybridized carbons (Fsp3) is 0.286. The standard InChI is InChI=1S/C21H22ClN7O.2ClH/c22-16-13-26-21(27-14-16)28-20(30)18-2-1-7-24-19(18)25-12-15-5-10-29(11-6-15)17-3-8-23-9-4-17;;/h1-4,7-9,13-15H,5-6,10-12H2,(H,24,25)(H,26,27,28,30);2*1H. The number of rotatable bonds is 6. The number of carbonyl (C=O) groups is 1. The average Bonchev–Trinajstić information content (AvgIpc) is 2.80. The van der Waals surface area contributed by atoms with Gasteiger partial charge in [-0.25, -0.2) is 15.0 Å². The molecule has 3 aromatic heterocycles. The number of carbonyl (C=O) groups excluding carboxylic acids is 1. The van der Waals surface area contributed by atoms with Gasteiger partial charge < -0.3 is 10.2 Å². The first-order valence-corrected chi connectivity index (χ1v) is 10.2. The SMILES string of the molecule is Cl.Cl.O=C(Nc1ncc(Cl)cn1)c1cccnc1NCC1CCN(c2ccncc2)CC1. The first-order valence-electron chi connectivity index (χ1n) is 9.82. The van der Waals surface area contributed by atoms with Gasteiger partial charge in [0.2, 0.25) is 5.95 Å². The summed E-state index contributed by atoms with van der Waals surface area (Å²) in [5, 5.41) is 6.44. The highest BCUT2D eigenvalue weighted by Crippen LogP contribution is 2.23. The number of piperidine rings is 1. The van der Waals surface area contributed by atoms with Crippen molar-refractivity contribution in [1.82, 2.24) is 19.9 Å². The quantitative estimate of drug-likeness (QED) is 0.524. The van der Waals surface area contributed by atoms with Crippen LogP contribution in [0, 0.1) is 5.92 Å². The minimum Gasteiger partial charge on any atom is -0.371 e. The molecule has 0 spiro atoms. The predicted octanol–water partition coefficient (Wildman–Crippen LogP) is 4.34. The number of amides is 1. The van der Waals surface area contributed by atoms with E-state index < -0.39 is 0 Å². The van der Waals surface area contributed by atoms with Gasteiger partial charge in [0, 0.05) is 43.9 Å². The van der Waals surface area contributed by atoms with E-state index in [1.807, 2.05) is 24.5 Å². The number of halogens is 3. The van der Waals surface area contributed by atoms with E-state index in [-0.39, 0.29) is 36.7 Å². The number of anilines is 3. The maximum absolute atomic E-state index is 12.7. The van der Waals surface area contributed by atoms with Crippen molar-refractivity contribution in [2.75, 3.05) is 35.2 Å². The van der Waals surface area contributed by atoms with E-state index in [4.69, 9.17) is 11.6 Å². The van der Waals surface area contributed by atoms with Crippen LogP contribution in [0.5, 0.6) is 0 Å². The highest BCUT2D eigenvalue weighted by molar-refractivity contribution is 6.30. The van der Waals surface area contributed by atoms with Crippen LogP contribution in [0.2, 0.25) is 5.02 Å². The Balaban J connectivity index is 0.00000181. The number of nitrogens with zero attached hydrogens (tertiary/aromatic N) is 5. The second kappa shape index (κ2) is 12.4. The molecule has 0 aliphatic carbocycles. The molecule has 1 fully saturated rings. The van der Waals surface area contributed by atoms with E-state index in [1.54, 1.807) is 18.3 Å². The summed E-state index contributed by atoms with van der Waals surface area (Å²) in [7, 11) is 0. The Kier molecular flexibility index (Phi) is 9.90. The summed E-state index contributed by atoms with van der Waals surface area (Å²) in [5.41, 5.74) is 1.66. The molecular formula is C21H24Cl3N7O. The lowest BCUT2D eigenvalue weighted by atomic mass is 9.96. The van der Waals surface area contributed by atoms with Crippen LogP contribution in [0.3, 0.4) is 0 Å². The molecule has 1 aliphatic rings. The number of nitrogens with one attached hydrogen (secondary N) is 2. The highest BCUT2D eigenvalue weighted by Gasteiger charge is 2.20. The van der Waals surface area contributed by atoms with Crippen molar-refractivity contribution in [3.63, 3.8) is 0 Å². The Bertz CT molecular complexity index is 984. The largest absolute Gasteiger partial charge is 0.371 e. The van der Waals surface area contributed by atoms with Crippen LogP contribution < -0.4 is 15.5 Å². The minimum absolute atomic E-state index is 0. The molecule has 0 bridgehead atoms. The fourth-order valence-electron chi connectivity index (χ4n) is 3.47. The molecule has 1 aliphatic heterocycles. The van der Waals surface area contributed by atoms with Crippen molar-refractivity contribution in [2.24, 2.45) is 5.92 Å². The molecule has 0 atom stereocenters. The van der Waals surface area contributed by atoms with Crippen LogP contribution in [0.4, 0.5) is 17.5 Å². The molecule has 4 rings (SSSR count). The second-order valence-corrected chi connectivity index (χ2v) is 7.53. The summed E-state index contributed by atoms with van der Waals surface area (Å²) in [6.45, 7) is 2.76. The molecule has 2 N–H and O–H groups in total. The van der Waals surface area contributed by atoms with Crippen molar-refractivity contribution in [2.45, 2.75) is 12.8 Å². The Morgan fingerprint density at radius 3 is 2.41 bits per heavy atom. The Morgan fingerprint density at radius 1 is 1.03 bits per heavy atom. The lowest BCUT2D eigenvalue weighted by molar-refractivity contribution is 0.102. The smallest absolute Gasteiger partial charge is 0.261 e. The number of pyridine rings is 2.